The number of pyridine rings is 1. The first kappa shape index (κ1) is 12.8. The molecule has 0 saturated carbocycles. The van der Waals surface area contributed by atoms with E-state index in [0.717, 1.165) is 6.42 Å². The minimum atomic E-state index is -0.101. The Hall–Kier alpha value is -1.62. The van der Waals surface area contributed by atoms with Crippen LogP contribution in [-0.4, -0.2) is 47.1 Å². The van der Waals surface area contributed by atoms with Crippen LogP contribution in [0.3, 0.4) is 0 Å². The van der Waals surface area contributed by atoms with Crippen molar-refractivity contribution in [2.75, 3.05) is 25.5 Å². The van der Waals surface area contributed by atoms with E-state index in [9.17, 15) is 9.90 Å². The van der Waals surface area contributed by atoms with Crippen molar-refractivity contribution in [1.29, 1.82) is 0 Å². The molecule has 1 aromatic heterocycles. The van der Waals surface area contributed by atoms with Gasteiger partial charge in [0.1, 0.15) is 11.5 Å². The number of carbonyl (C=O) groups excluding carboxylic acids is 1. The Kier molecular flexibility index (Phi) is 3.81. The molecule has 1 aromatic rings. The van der Waals surface area contributed by atoms with E-state index in [1.165, 1.54) is 0 Å². The van der Waals surface area contributed by atoms with E-state index < -0.39 is 0 Å². The molecule has 2 rings (SSSR count). The lowest BCUT2D eigenvalue weighted by Gasteiger charge is -2.24. The first-order valence-electron chi connectivity index (χ1n) is 6.24. The Morgan fingerprint density at radius 3 is 3.06 bits per heavy atom. The predicted octanol–water partition coefficient (Wildman–Crippen LogP) is 0.966. The number of anilines is 1. The molecule has 0 bridgehead atoms. The van der Waals surface area contributed by atoms with Crippen LogP contribution in [0.5, 0.6) is 0 Å². The first-order valence-corrected chi connectivity index (χ1v) is 6.24. The average molecular weight is 249 g/mol. The summed E-state index contributed by atoms with van der Waals surface area (Å²) in [5.41, 5.74) is 0.425. The summed E-state index contributed by atoms with van der Waals surface area (Å²) in [5.74, 6) is 0.913. The van der Waals surface area contributed by atoms with E-state index in [1.807, 2.05) is 6.07 Å². The van der Waals surface area contributed by atoms with Crippen molar-refractivity contribution in [3.63, 3.8) is 0 Å². The monoisotopic (exact) mass is 249 g/mol. The smallest absolute Gasteiger partial charge is 0.272 e. The van der Waals surface area contributed by atoms with Gasteiger partial charge in [0, 0.05) is 13.6 Å². The van der Waals surface area contributed by atoms with Crippen molar-refractivity contribution in [2.45, 2.75) is 19.4 Å². The predicted molar refractivity (Wildman–Crippen MR) is 69.5 cm³/mol. The van der Waals surface area contributed by atoms with Crippen LogP contribution in [0.15, 0.2) is 18.2 Å². The minimum absolute atomic E-state index is 0.0125. The molecule has 1 amide bonds. The van der Waals surface area contributed by atoms with Gasteiger partial charge in [-0.15, -0.1) is 0 Å². The maximum absolute atomic E-state index is 12.4. The van der Waals surface area contributed by atoms with Gasteiger partial charge >= 0.3 is 0 Å². The molecule has 2 atom stereocenters. The number of nitrogens with zero attached hydrogens (tertiary/aromatic N) is 2. The second kappa shape index (κ2) is 5.35. The maximum Gasteiger partial charge on any atom is 0.272 e. The molecule has 0 radical (unpaired) electrons. The molecule has 98 valence electrons. The average Bonchev–Trinajstić information content (AvgIpc) is 2.79. The van der Waals surface area contributed by atoms with E-state index in [-0.39, 0.29) is 18.6 Å². The van der Waals surface area contributed by atoms with Gasteiger partial charge in [0.2, 0.25) is 0 Å². The number of nitrogens with one attached hydrogen (secondary N) is 1. The number of aliphatic hydroxyl groups excluding tert-OH is 1. The summed E-state index contributed by atoms with van der Waals surface area (Å²) in [6, 6.07) is 5.24. The van der Waals surface area contributed by atoms with Gasteiger partial charge in [0.05, 0.1) is 12.6 Å². The van der Waals surface area contributed by atoms with Gasteiger partial charge in [-0.25, -0.2) is 4.98 Å². The topological polar surface area (TPSA) is 65.5 Å². The summed E-state index contributed by atoms with van der Waals surface area (Å²) in [7, 11) is 1.77. The second-order valence-electron chi connectivity index (χ2n) is 4.67. The number of likely N-dealkylation sites (tertiary alicyclic amines) is 1. The Bertz CT molecular complexity index is 436. The minimum Gasteiger partial charge on any atom is -0.394 e. The zero-order chi connectivity index (χ0) is 13.1. The molecule has 0 aliphatic carbocycles. The van der Waals surface area contributed by atoms with Crippen LogP contribution >= 0.6 is 0 Å². The van der Waals surface area contributed by atoms with Crippen LogP contribution in [-0.2, 0) is 0 Å². The van der Waals surface area contributed by atoms with Crippen LogP contribution in [0, 0.1) is 5.92 Å². The highest BCUT2D eigenvalue weighted by atomic mass is 16.3. The van der Waals surface area contributed by atoms with E-state index in [4.69, 9.17) is 0 Å². The van der Waals surface area contributed by atoms with Gasteiger partial charge in [0.15, 0.2) is 0 Å². The zero-order valence-corrected chi connectivity index (χ0v) is 10.8. The summed E-state index contributed by atoms with van der Waals surface area (Å²) >= 11 is 0. The quantitative estimate of drug-likeness (QED) is 0.837. The summed E-state index contributed by atoms with van der Waals surface area (Å²) in [6.07, 6.45) is 0.933. The highest BCUT2D eigenvalue weighted by Gasteiger charge is 2.34. The zero-order valence-electron chi connectivity index (χ0n) is 10.8. The third-order valence-electron chi connectivity index (χ3n) is 3.55. The lowest BCUT2D eigenvalue weighted by Crippen LogP contribution is -2.40. The highest BCUT2D eigenvalue weighted by molar-refractivity contribution is 5.93. The van der Waals surface area contributed by atoms with Gasteiger partial charge in [-0.05, 0) is 24.5 Å². The van der Waals surface area contributed by atoms with Crippen molar-refractivity contribution < 1.29 is 9.90 Å². The number of hydrogen-bond donors (Lipinski definition) is 2. The molecule has 5 heteroatoms. The van der Waals surface area contributed by atoms with Crippen molar-refractivity contribution in [2.24, 2.45) is 5.92 Å². The molecule has 1 aliphatic rings. The molecule has 18 heavy (non-hydrogen) atoms. The molecule has 0 aromatic carbocycles. The van der Waals surface area contributed by atoms with Crippen molar-refractivity contribution in [3.8, 4) is 0 Å². The maximum atomic E-state index is 12.4. The largest absolute Gasteiger partial charge is 0.394 e. The molecule has 2 N–H and O–H groups in total. The molecule has 1 fully saturated rings. The number of carbonyl (C=O) groups is 1. The van der Waals surface area contributed by atoms with Gasteiger partial charge in [-0.2, -0.15) is 0 Å². The highest BCUT2D eigenvalue weighted by Crippen LogP contribution is 2.25. The van der Waals surface area contributed by atoms with Crippen LogP contribution in [0.1, 0.15) is 23.8 Å². The summed E-state index contributed by atoms with van der Waals surface area (Å²) in [6.45, 7) is 2.76. The fraction of sp³-hybridized carbons (Fsp3) is 0.538. The standard InChI is InChI=1S/C13H19N3O2/c1-9-6-7-16(11(9)8-17)13(18)10-4-3-5-12(14-2)15-10/h3-5,9,11,17H,6-8H2,1-2H3,(H,14,15). The van der Waals surface area contributed by atoms with Crippen molar-refractivity contribution in [1.82, 2.24) is 9.88 Å². The fourth-order valence-electron chi connectivity index (χ4n) is 2.38. The van der Waals surface area contributed by atoms with Crippen LogP contribution in [0.2, 0.25) is 0 Å². The molecule has 1 saturated heterocycles. The van der Waals surface area contributed by atoms with E-state index in [2.05, 4.69) is 17.2 Å². The molecule has 2 unspecified atom stereocenters. The Labute approximate surface area is 107 Å². The number of amides is 1. The van der Waals surface area contributed by atoms with Crippen LogP contribution in [0.25, 0.3) is 0 Å². The normalized spacial score (nSPS) is 23.2. The Balaban J connectivity index is 2.20. The lowest BCUT2D eigenvalue weighted by atomic mass is 10.0. The van der Waals surface area contributed by atoms with Crippen molar-refractivity contribution in [3.05, 3.63) is 23.9 Å². The molecular weight excluding hydrogens is 230 g/mol. The number of hydrogen-bond acceptors (Lipinski definition) is 4. The third kappa shape index (κ3) is 2.31. The number of aliphatic hydroxyl groups is 1. The second-order valence-corrected chi connectivity index (χ2v) is 4.67. The molecular formula is C13H19N3O2. The number of aromatic nitrogens is 1. The Morgan fingerprint density at radius 2 is 2.39 bits per heavy atom. The first-order chi connectivity index (χ1) is 8.67. The van der Waals surface area contributed by atoms with Gasteiger partial charge in [-0.1, -0.05) is 13.0 Å². The molecule has 1 aliphatic heterocycles. The molecule has 2 heterocycles. The van der Waals surface area contributed by atoms with E-state index >= 15 is 0 Å². The Morgan fingerprint density at radius 1 is 1.61 bits per heavy atom. The summed E-state index contributed by atoms with van der Waals surface area (Å²) in [5, 5.41) is 12.3. The van der Waals surface area contributed by atoms with Crippen molar-refractivity contribution >= 4 is 11.7 Å². The summed E-state index contributed by atoms with van der Waals surface area (Å²) < 4.78 is 0. The fourth-order valence-corrected chi connectivity index (χ4v) is 2.38. The van der Waals surface area contributed by atoms with Gasteiger partial charge < -0.3 is 15.3 Å². The third-order valence-corrected chi connectivity index (χ3v) is 3.55. The number of rotatable bonds is 3. The van der Waals surface area contributed by atoms with E-state index in [1.54, 1.807) is 24.1 Å². The molecule has 5 nitrogen and oxygen atoms in total. The SMILES string of the molecule is CNc1cccc(C(=O)N2CCC(C)C2CO)n1. The van der Waals surface area contributed by atoms with E-state index in [0.29, 0.717) is 24.0 Å². The van der Waals surface area contributed by atoms with Crippen LogP contribution in [0.4, 0.5) is 5.82 Å². The lowest BCUT2D eigenvalue weighted by molar-refractivity contribution is 0.0642. The van der Waals surface area contributed by atoms with Gasteiger partial charge in [-0.3, -0.25) is 4.79 Å². The van der Waals surface area contributed by atoms with Crippen LogP contribution < -0.4 is 5.32 Å². The van der Waals surface area contributed by atoms with Gasteiger partial charge in [0.25, 0.3) is 5.91 Å². The summed E-state index contributed by atoms with van der Waals surface area (Å²) in [4.78, 5) is 18.3. The molecule has 0 spiro atoms.